The van der Waals surface area contributed by atoms with Crippen molar-refractivity contribution < 1.29 is 9.53 Å². The van der Waals surface area contributed by atoms with Crippen molar-refractivity contribution in [3.63, 3.8) is 0 Å². The number of primary amides is 1. The van der Waals surface area contributed by atoms with Crippen LogP contribution in [0.1, 0.15) is 23.7 Å². The molecule has 94 valence electrons. The molecule has 1 rings (SSSR count). The molecule has 0 radical (unpaired) electrons. The Balaban J connectivity index is 2.88. The molecule has 5 nitrogen and oxygen atoms in total. The average molecular weight is 237 g/mol. The zero-order chi connectivity index (χ0) is 12.8. The zero-order valence-corrected chi connectivity index (χ0v) is 10.2. The summed E-state index contributed by atoms with van der Waals surface area (Å²) >= 11 is 0. The molecule has 0 spiro atoms. The third kappa shape index (κ3) is 3.64. The van der Waals surface area contributed by atoms with Crippen LogP contribution in [0.4, 0.5) is 11.4 Å². The molecule has 1 aromatic carbocycles. The smallest absolute Gasteiger partial charge is 0.248 e. The quantitative estimate of drug-likeness (QED) is 0.648. The van der Waals surface area contributed by atoms with Crippen LogP contribution in [0.25, 0.3) is 0 Å². The minimum absolute atomic E-state index is 0.158. The molecule has 0 heterocycles. The highest BCUT2D eigenvalue weighted by Crippen LogP contribution is 2.21. The maximum atomic E-state index is 11.1. The van der Waals surface area contributed by atoms with E-state index in [2.05, 4.69) is 5.32 Å². The molecule has 0 aliphatic rings. The zero-order valence-electron chi connectivity index (χ0n) is 10.2. The van der Waals surface area contributed by atoms with Gasteiger partial charge in [-0.1, -0.05) is 6.92 Å². The molecular formula is C12H19N3O2. The van der Waals surface area contributed by atoms with Crippen LogP contribution in [0.3, 0.4) is 0 Å². The maximum absolute atomic E-state index is 11.1. The summed E-state index contributed by atoms with van der Waals surface area (Å²) < 4.78 is 5.09. The fourth-order valence-corrected chi connectivity index (χ4v) is 1.52. The van der Waals surface area contributed by atoms with Crippen LogP contribution >= 0.6 is 0 Å². The van der Waals surface area contributed by atoms with Crippen LogP contribution in [-0.4, -0.2) is 25.7 Å². The minimum Gasteiger partial charge on any atom is -0.397 e. The van der Waals surface area contributed by atoms with E-state index in [4.69, 9.17) is 16.2 Å². The molecule has 1 atom stereocenters. The van der Waals surface area contributed by atoms with E-state index in [-0.39, 0.29) is 6.04 Å². The highest BCUT2D eigenvalue weighted by atomic mass is 16.5. The number of hydrogen-bond acceptors (Lipinski definition) is 4. The second-order valence-electron chi connectivity index (χ2n) is 3.87. The Morgan fingerprint density at radius 2 is 2.24 bits per heavy atom. The minimum atomic E-state index is -0.465. The number of nitrogens with one attached hydrogen (secondary N) is 1. The van der Waals surface area contributed by atoms with E-state index in [1.54, 1.807) is 25.3 Å². The maximum Gasteiger partial charge on any atom is 0.248 e. The number of anilines is 2. The number of benzene rings is 1. The highest BCUT2D eigenvalue weighted by molar-refractivity contribution is 5.94. The number of methoxy groups -OCH3 is 1. The van der Waals surface area contributed by atoms with Crippen molar-refractivity contribution >= 4 is 17.3 Å². The van der Waals surface area contributed by atoms with Crippen molar-refractivity contribution in [2.45, 2.75) is 19.4 Å². The Bertz CT molecular complexity index is 393. The molecule has 0 bridgehead atoms. The van der Waals surface area contributed by atoms with Gasteiger partial charge in [0.05, 0.1) is 18.0 Å². The SMILES string of the molecule is CCC(COC)Nc1cc(C(N)=O)ccc1N. The van der Waals surface area contributed by atoms with Gasteiger partial charge < -0.3 is 21.5 Å². The molecule has 5 N–H and O–H groups in total. The molecule has 1 unspecified atom stereocenters. The van der Waals surface area contributed by atoms with Crippen LogP contribution in [-0.2, 0) is 4.74 Å². The largest absolute Gasteiger partial charge is 0.397 e. The number of nitrogens with two attached hydrogens (primary N) is 2. The lowest BCUT2D eigenvalue weighted by Gasteiger charge is -2.19. The summed E-state index contributed by atoms with van der Waals surface area (Å²) in [4.78, 5) is 11.1. The van der Waals surface area contributed by atoms with Gasteiger partial charge >= 0.3 is 0 Å². The Morgan fingerprint density at radius 1 is 1.53 bits per heavy atom. The molecule has 0 saturated carbocycles. The van der Waals surface area contributed by atoms with Gasteiger partial charge in [0.15, 0.2) is 0 Å². The predicted molar refractivity (Wildman–Crippen MR) is 69.0 cm³/mol. The Morgan fingerprint density at radius 3 is 2.76 bits per heavy atom. The lowest BCUT2D eigenvalue weighted by Crippen LogP contribution is -2.24. The van der Waals surface area contributed by atoms with Crippen LogP contribution in [0.2, 0.25) is 0 Å². The van der Waals surface area contributed by atoms with Gasteiger partial charge in [0.2, 0.25) is 5.91 Å². The summed E-state index contributed by atoms with van der Waals surface area (Å²) in [5, 5.41) is 3.24. The van der Waals surface area contributed by atoms with Crippen molar-refractivity contribution in [3.05, 3.63) is 23.8 Å². The average Bonchev–Trinajstić information content (AvgIpc) is 2.30. The molecule has 1 aromatic rings. The van der Waals surface area contributed by atoms with E-state index in [0.29, 0.717) is 23.5 Å². The Hall–Kier alpha value is -1.75. The van der Waals surface area contributed by atoms with Crippen molar-refractivity contribution in [1.82, 2.24) is 0 Å². The van der Waals surface area contributed by atoms with Gasteiger partial charge in [-0.15, -0.1) is 0 Å². The van der Waals surface area contributed by atoms with Gasteiger partial charge in [0, 0.05) is 18.7 Å². The number of rotatable bonds is 6. The van der Waals surface area contributed by atoms with Crippen LogP contribution in [0, 0.1) is 0 Å². The summed E-state index contributed by atoms with van der Waals surface area (Å²) in [5.74, 6) is -0.465. The Labute approximate surface area is 101 Å². The molecule has 1 amide bonds. The fourth-order valence-electron chi connectivity index (χ4n) is 1.52. The van der Waals surface area contributed by atoms with E-state index >= 15 is 0 Å². The first kappa shape index (κ1) is 13.3. The summed E-state index contributed by atoms with van der Waals surface area (Å²) in [6.07, 6.45) is 0.897. The van der Waals surface area contributed by atoms with Gasteiger partial charge in [0.25, 0.3) is 0 Å². The van der Waals surface area contributed by atoms with Crippen LogP contribution in [0.5, 0.6) is 0 Å². The van der Waals surface area contributed by atoms with Gasteiger partial charge in [-0.3, -0.25) is 4.79 Å². The number of carbonyl (C=O) groups is 1. The van der Waals surface area contributed by atoms with Crippen LogP contribution in [0.15, 0.2) is 18.2 Å². The Kier molecular flexibility index (Phi) is 4.78. The van der Waals surface area contributed by atoms with Gasteiger partial charge in [-0.05, 0) is 24.6 Å². The van der Waals surface area contributed by atoms with Gasteiger partial charge in [0.1, 0.15) is 0 Å². The summed E-state index contributed by atoms with van der Waals surface area (Å²) in [7, 11) is 1.65. The molecule has 0 saturated heterocycles. The highest BCUT2D eigenvalue weighted by Gasteiger charge is 2.10. The number of hydrogen-bond donors (Lipinski definition) is 3. The topological polar surface area (TPSA) is 90.4 Å². The van der Waals surface area contributed by atoms with Crippen molar-refractivity contribution in [1.29, 1.82) is 0 Å². The van der Waals surface area contributed by atoms with E-state index in [1.165, 1.54) is 0 Å². The fraction of sp³-hybridized carbons (Fsp3) is 0.417. The lowest BCUT2D eigenvalue weighted by atomic mass is 10.1. The molecule has 0 aliphatic carbocycles. The van der Waals surface area contributed by atoms with E-state index in [1.807, 2.05) is 6.92 Å². The molecule has 5 heteroatoms. The third-order valence-corrected chi connectivity index (χ3v) is 2.56. The van der Waals surface area contributed by atoms with Crippen molar-refractivity contribution in [2.75, 3.05) is 24.8 Å². The monoisotopic (exact) mass is 237 g/mol. The molecule has 0 aromatic heterocycles. The molecule has 17 heavy (non-hydrogen) atoms. The first-order chi connectivity index (χ1) is 8.08. The summed E-state index contributed by atoms with van der Waals surface area (Å²) in [6.45, 7) is 2.63. The van der Waals surface area contributed by atoms with Crippen LogP contribution < -0.4 is 16.8 Å². The molecular weight excluding hydrogens is 218 g/mol. The normalized spacial score (nSPS) is 12.1. The standard InChI is InChI=1S/C12H19N3O2/c1-3-9(7-17-2)15-11-6-8(12(14)16)4-5-10(11)13/h4-6,9,15H,3,7,13H2,1-2H3,(H2,14,16). The number of ether oxygens (including phenoxy) is 1. The number of amides is 1. The second kappa shape index (κ2) is 6.10. The molecule has 0 aliphatic heterocycles. The second-order valence-corrected chi connectivity index (χ2v) is 3.87. The summed E-state index contributed by atoms with van der Waals surface area (Å²) in [6, 6.07) is 5.10. The van der Waals surface area contributed by atoms with E-state index in [9.17, 15) is 4.79 Å². The lowest BCUT2D eigenvalue weighted by molar-refractivity contribution is 0.100. The predicted octanol–water partition coefficient (Wildman–Crippen LogP) is 1.20. The third-order valence-electron chi connectivity index (χ3n) is 2.56. The first-order valence-electron chi connectivity index (χ1n) is 5.53. The summed E-state index contributed by atoms with van der Waals surface area (Å²) in [5.41, 5.74) is 12.8. The van der Waals surface area contributed by atoms with Gasteiger partial charge in [-0.25, -0.2) is 0 Å². The number of nitrogen functional groups attached to an aromatic ring is 1. The van der Waals surface area contributed by atoms with Gasteiger partial charge in [-0.2, -0.15) is 0 Å². The van der Waals surface area contributed by atoms with E-state index < -0.39 is 5.91 Å². The van der Waals surface area contributed by atoms with Crippen molar-refractivity contribution in [3.8, 4) is 0 Å². The van der Waals surface area contributed by atoms with Crippen molar-refractivity contribution in [2.24, 2.45) is 5.73 Å². The first-order valence-corrected chi connectivity index (χ1v) is 5.53. The van der Waals surface area contributed by atoms with E-state index in [0.717, 1.165) is 6.42 Å². The molecule has 0 fully saturated rings. The number of carbonyl (C=O) groups excluding carboxylic acids is 1.